The van der Waals surface area contributed by atoms with Crippen LogP contribution in [0.2, 0.25) is 0 Å². The van der Waals surface area contributed by atoms with E-state index in [0.717, 1.165) is 5.56 Å². The Morgan fingerprint density at radius 2 is 1.90 bits per heavy atom. The molecule has 7 heteroatoms. The Bertz CT molecular complexity index is 689. The molecule has 1 heterocycles. The molecule has 6 nitrogen and oxygen atoms in total. The molecule has 0 fully saturated rings. The Kier molecular flexibility index (Phi) is 4.89. The Morgan fingerprint density at radius 1 is 1.19 bits per heavy atom. The van der Waals surface area contributed by atoms with Gasteiger partial charge in [-0.3, -0.25) is 5.84 Å². The minimum Gasteiger partial charge on any atom is -0.321 e. The zero-order valence-corrected chi connectivity index (χ0v) is 12.5. The van der Waals surface area contributed by atoms with E-state index in [1.54, 1.807) is 12.1 Å². The van der Waals surface area contributed by atoms with Gasteiger partial charge in [0, 0.05) is 12.2 Å². The number of nitrogen functional groups attached to an aromatic ring is 1. The van der Waals surface area contributed by atoms with Crippen LogP contribution in [0, 0.1) is 0 Å². The fourth-order valence-electron chi connectivity index (χ4n) is 2.03. The van der Waals surface area contributed by atoms with Crippen LogP contribution in [0.3, 0.4) is 0 Å². The van der Waals surface area contributed by atoms with Crippen molar-refractivity contribution in [1.29, 1.82) is 0 Å². The quantitative estimate of drug-likeness (QED) is 0.558. The van der Waals surface area contributed by atoms with E-state index in [1.165, 1.54) is 6.20 Å². The van der Waals surface area contributed by atoms with Crippen LogP contribution < -0.4 is 16.0 Å². The van der Waals surface area contributed by atoms with Gasteiger partial charge in [-0.2, -0.15) is 0 Å². The summed E-state index contributed by atoms with van der Waals surface area (Å²) in [5.74, 6) is 5.34. The van der Waals surface area contributed by atoms with Crippen molar-refractivity contribution in [2.75, 3.05) is 5.43 Å². The lowest BCUT2D eigenvalue weighted by Gasteiger charge is -2.18. The SMILES string of the molecule is CCC(NS(=O)(=O)c1ncccc1NN)c1ccccc1. The van der Waals surface area contributed by atoms with Gasteiger partial charge in [0.15, 0.2) is 5.03 Å². The van der Waals surface area contributed by atoms with Gasteiger partial charge in [0.1, 0.15) is 0 Å². The molecule has 0 aliphatic heterocycles. The minimum atomic E-state index is -3.77. The number of aromatic nitrogens is 1. The summed E-state index contributed by atoms with van der Waals surface area (Å²) in [6.45, 7) is 1.92. The number of hydrogen-bond donors (Lipinski definition) is 3. The van der Waals surface area contributed by atoms with Gasteiger partial charge in [0.2, 0.25) is 0 Å². The molecular weight excluding hydrogens is 288 g/mol. The van der Waals surface area contributed by atoms with Gasteiger partial charge in [-0.1, -0.05) is 37.3 Å². The van der Waals surface area contributed by atoms with E-state index >= 15 is 0 Å². The van der Waals surface area contributed by atoms with Crippen molar-refractivity contribution < 1.29 is 8.42 Å². The van der Waals surface area contributed by atoms with Crippen molar-refractivity contribution in [3.63, 3.8) is 0 Å². The van der Waals surface area contributed by atoms with Crippen molar-refractivity contribution in [3.05, 3.63) is 54.2 Å². The summed E-state index contributed by atoms with van der Waals surface area (Å²) in [7, 11) is -3.77. The lowest BCUT2D eigenvalue weighted by Crippen LogP contribution is -2.30. The average molecular weight is 306 g/mol. The number of hydrazine groups is 1. The molecule has 0 saturated carbocycles. The van der Waals surface area contributed by atoms with Crippen LogP contribution in [0.4, 0.5) is 5.69 Å². The summed E-state index contributed by atoms with van der Waals surface area (Å²) in [6.07, 6.45) is 2.04. The highest BCUT2D eigenvalue weighted by molar-refractivity contribution is 7.89. The molecule has 0 amide bonds. The highest BCUT2D eigenvalue weighted by Gasteiger charge is 2.24. The van der Waals surface area contributed by atoms with E-state index in [-0.39, 0.29) is 16.8 Å². The summed E-state index contributed by atoms with van der Waals surface area (Å²) >= 11 is 0. The summed E-state index contributed by atoms with van der Waals surface area (Å²) in [6, 6.07) is 12.3. The number of benzene rings is 1. The number of hydrogen-bond acceptors (Lipinski definition) is 5. The van der Waals surface area contributed by atoms with Gasteiger partial charge in [-0.05, 0) is 24.1 Å². The predicted molar refractivity (Wildman–Crippen MR) is 81.8 cm³/mol. The van der Waals surface area contributed by atoms with E-state index in [4.69, 9.17) is 5.84 Å². The van der Waals surface area contributed by atoms with Crippen molar-refractivity contribution >= 4 is 15.7 Å². The largest absolute Gasteiger partial charge is 0.321 e. The normalized spacial score (nSPS) is 12.9. The highest BCUT2D eigenvalue weighted by atomic mass is 32.2. The summed E-state index contributed by atoms with van der Waals surface area (Å²) in [4.78, 5) is 3.91. The molecular formula is C14H18N4O2S. The Labute approximate surface area is 124 Å². The Balaban J connectivity index is 2.32. The molecule has 0 aliphatic rings. The smallest absolute Gasteiger partial charge is 0.260 e. The molecule has 1 aromatic heterocycles. The van der Waals surface area contributed by atoms with Crippen LogP contribution in [0.15, 0.2) is 53.7 Å². The zero-order chi connectivity index (χ0) is 15.3. The summed E-state index contributed by atoms with van der Waals surface area (Å²) in [5, 5.41) is -0.109. The number of nitrogens with two attached hydrogens (primary N) is 1. The maximum Gasteiger partial charge on any atom is 0.260 e. The van der Waals surface area contributed by atoms with Gasteiger partial charge in [0.25, 0.3) is 10.0 Å². The van der Waals surface area contributed by atoms with Gasteiger partial charge in [0.05, 0.1) is 5.69 Å². The molecule has 1 aromatic carbocycles. The predicted octanol–water partition coefficient (Wildman–Crippen LogP) is 1.80. The molecule has 0 aliphatic carbocycles. The van der Waals surface area contributed by atoms with Gasteiger partial charge < -0.3 is 5.43 Å². The summed E-state index contributed by atoms with van der Waals surface area (Å²) < 4.78 is 27.6. The molecule has 112 valence electrons. The van der Waals surface area contributed by atoms with Crippen LogP contribution in [-0.2, 0) is 10.0 Å². The van der Waals surface area contributed by atoms with Crippen LogP contribution in [0.5, 0.6) is 0 Å². The first kappa shape index (κ1) is 15.4. The topological polar surface area (TPSA) is 97.1 Å². The van der Waals surface area contributed by atoms with Gasteiger partial charge >= 0.3 is 0 Å². The van der Waals surface area contributed by atoms with Crippen molar-refractivity contribution in [1.82, 2.24) is 9.71 Å². The van der Waals surface area contributed by atoms with Crippen LogP contribution in [0.1, 0.15) is 24.9 Å². The van der Waals surface area contributed by atoms with Gasteiger partial charge in [-0.25, -0.2) is 18.1 Å². The van der Waals surface area contributed by atoms with Crippen LogP contribution >= 0.6 is 0 Å². The standard InChI is InChI=1S/C14H18N4O2S/c1-2-12(11-7-4-3-5-8-11)18-21(19,20)14-13(17-15)9-6-10-16-14/h3-10,12,17-18H,2,15H2,1H3. The third-order valence-corrected chi connectivity index (χ3v) is 4.52. The van der Waals surface area contributed by atoms with Crippen LogP contribution in [-0.4, -0.2) is 13.4 Å². The summed E-state index contributed by atoms with van der Waals surface area (Å²) in [5.41, 5.74) is 3.51. The van der Waals surface area contributed by atoms with E-state index in [2.05, 4.69) is 15.1 Å². The minimum absolute atomic E-state index is 0.109. The third kappa shape index (κ3) is 3.57. The molecule has 21 heavy (non-hydrogen) atoms. The van der Waals surface area contributed by atoms with E-state index < -0.39 is 10.0 Å². The molecule has 1 unspecified atom stereocenters. The fourth-order valence-corrected chi connectivity index (χ4v) is 3.44. The lowest BCUT2D eigenvalue weighted by atomic mass is 10.1. The first-order valence-corrected chi connectivity index (χ1v) is 8.05. The number of sulfonamides is 1. The molecule has 2 rings (SSSR count). The third-order valence-electron chi connectivity index (χ3n) is 3.09. The van der Waals surface area contributed by atoms with Crippen molar-refractivity contribution in [2.45, 2.75) is 24.4 Å². The monoisotopic (exact) mass is 306 g/mol. The molecule has 0 saturated heterocycles. The zero-order valence-electron chi connectivity index (χ0n) is 11.7. The molecule has 0 bridgehead atoms. The Hall–Kier alpha value is -1.96. The molecule has 4 N–H and O–H groups in total. The number of nitrogens with zero attached hydrogens (tertiary/aromatic N) is 1. The number of pyridine rings is 1. The van der Waals surface area contributed by atoms with Crippen molar-refractivity contribution in [3.8, 4) is 0 Å². The number of anilines is 1. The maximum absolute atomic E-state index is 12.5. The average Bonchev–Trinajstić information content (AvgIpc) is 2.53. The first-order valence-electron chi connectivity index (χ1n) is 6.57. The molecule has 2 aromatic rings. The van der Waals surface area contributed by atoms with E-state index in [0.29, 0.717) is 6.42 Å². The second-order valence-corrected chi connectivity index (χ2v) is 6.12. The Morgan fingerprint density at radius 3 is 2.52 bits per heavy atom. The van der Waals surface area contributed by atoms with E-state index in [1.807, 2.05) is 37.3 Å². The lowest BCUT2D eigenvalue weighted by molar-refractivity contribution is 0.547. The molecule has 1 atom stereocenters. The fraction of sp³-hybridized carbons (Fsp3) is 0.214. The second-order valence-electron chi connectivity index (χ2n) is 4.49. The maximum atomic E-state index is 12.5. The molecule has 0 spiro atoms. The van der Waals surface area contributed by atoms with Gasteiger partial charge in [-0.15, -0.1) is 0 Å². The number of nitrogens with one attached hydrogen (secondary N) is 2. The van der Waals surface area contributed by atoms with Crippen LogP contribution in [0.25, 0.3) is 0 Å². The second kappa shape index (κ2) is 6.66. The first-order chi connectivity index (χ1) is 10.1. The number of rotatable bonds is 6. The van der Waals surface area contributed by atoms with Crippen molar-refractivity contribution in [2.24, 2.45) is 5.84 Å². The highest BCUT2D eigenvalue weighted by Crippen LogP contribution is 2.22. The van der Waals surface area contributed by atoms with E-state index in [9.17, 15) is 8.42 Å². The molecule has 0 radical (unpaired) electrons.